The number of carbonyl (C=O) groups is 2. The highest BCUT2D eigenvalue weighted by atomic mass is 35.5. The van der Waals surface area contributed by atoms with Crippen molar-refractivity contribution in [2.45, 2.75) is 57.2 Å². The van der Waals surface area contributed by atoms with E-state index in [2.05, 4.69) is 10.2 Å². The first-order valence-electron chi connectivity index (χ1n) is 8.05. The molecule has 0 aliphatic carbocycles. The molecule has 3 saturated heterocycles. The predicted molar refractivity (Wildman–Crippen MR) is 92.4 cm³/mol. The van der Waals surface area contributed by atoms with E-state index in [9.17, 15) is 9.59 Å². The van der Waals surface area contributed by atoms with E-state index in [1.807, 2.05) is 13.8 Å². The smallest absolute Gasteiger partial charge is 0.418 e. The summed E-state index contributed by atoms with van der Waals surface area (Å²) >= 11 is 0. The average Bonchev–Trinajstić information content (AvgIpc) is 2.70. The first-order valence-corrected chi connectivity index (χ1v) is 8.05. The second kappa shape index (κ2) is 8.01. The van der Waals surface area contributed by atoms with Gasteiger partial charge in [0.15, 0.2) is 0 Å². The minimum absolute atomic E-state index is 0. The number of hydrogen-bond acceptors (Lipinski definition) is 5. The van der Waals surface area contributed by atoms with Crippen LogP contribution in [-0.2, 0) is 9.53 Å². The number of imide groups is 1. The molecule has 134 valence electrons. The molecule has 23 heavy (non-hydrogen) atoms. The van der Waals surface area contributed by atoms with E-state index in [1.54, 1.807) is 0 Å². The summed E-state index contributed by atoms with van der Waals surface area (Å²) < 4.78 is 5.58. The molecular weight excluding hydrogens is 341 g/mol. The Morgan fingerprint density at radius 3 is 2.43 bits per heavy atom. The van der Waals surface area contributed by atoms with Crippen LogP contribution in [0.5, 0.6) is 0 Å². The Morgan fingerprint density at radius 2 is 1.87 bits per heavy atom. The minimum Gasteiger partial charge on any atom is -0.431 e. The van der Waals surface area contributed by atoms with Gasteiger partial charge >= 0.3 is 6.09 Å². The molecule has 3 heterocycles. The van der Waals surface area contributed by atoms with Crippen molar-refractivity contribution >= 4 is 36.8 Å². The van der Waals surface area contributed by atoms with Gasteiger partial charge in [0.1, 0.15) is 0 Å². The molecule has 0 aromatic heterocycles. The Kier molecular flexibility index (Phi) is 7.13. The maximum Gasteiger partial charge on any atom is 0.418 e. The molecule has 3 aliphatic heterocycles. The molecule has 0 aromatic carbocycles. The summed E-state index contributed by atoms with van der Waals surface area (Å²) in [4.78, 5) is 28.4. The maximum atomic E-state index is 12.7. The van der Waals surface area contributed by atoms with Gasteiger partial charge in [-0.2, -0.15) is 0 Å². The number of halogens is 2. The van der Waals surface area contributed by atoms with Crippen LogP contribution in [0.15, 0.2) is 0 Å². The number of amides is 2. The highest BCUT2D eigenvalue weighted by Crippen LogP contribution is 2.35. The Hall–Kier alpha value is -0.560. The predicted octanol–water partition coefficient (Wildman–Crippen LogP) is 1.80. The van der Waals surface area contributed by atoms with Gasteiger partial charge in [-0.1, -0.05) is 0 Å². The number of piperidine rings is 2. The van der Waals surface area contributed by atoms with E-state index in [-0.39, 0.29) is 36.8 Å². The number of carbonyl (C=O) groups excluding carboxylic acids is 2. The summed E-state index contributed by atoms with van der Waals surface area (Å²) in [6, 6.07) is 0.363. The van der Waals surface area contributed by atoms with E-state index in [4.69, 9.17) is 4.74 Å². The van der Waals surface area contributed by atoms with Crippen LogP contribution in [0.4, 0.5) is 4.79 Å². The molecule has 1 spiro atoms. The molecule has 1 N–H and O–H groups in total. The molecule has 1 unspecified atom stereocenters. The number of hydrogen-bond donors (Lipinski definition) is 1. The molecule has 3 aliphatic rings. The van der Waals surface area contributed by atoms with Crippen molar-refractivity contribution in [1.82, 2.24) is 15.1 Å². The van der Waals surface area contributed by atoms with Crippen LogP contribution in [0.2, 0.25) is 0 Å². The molecule has 1 atom stereocenters. The summed E-state index contributed by atoms with van der Waals surface area (Å²) in [5, 5.41) is 3.37. The summed E-state index contributed by atoms with van der Waals surface area (Å²) in [5.41, 5.74) is -0.926. The minimum atomic E-state index is -0.926. The average molecular weight is 368 g/mol. The SMILES string of the molecule is CC(C)N1C(=O)OC2(CCCN(C3CCNCC3)C2)C1=O.Cl.Cl. The van der Waals surface area contributed by atoms with Gasteiger partial charge in [0.05, 0.1) is 0 Å². The molecule has 0 aromatic rings. The van der Waals surface area contributed by atoms with Crippen LogP contribution >= 0.6 is 24.8 Å². The Labute approximate surface area is 150 Å². The summed E-state index contributed by atoms with van der Waals surface area (Å²) in [6.07, 6.45) is 3.30. The van der Waals surface area contributed by atoms with Gasteiger partial charge in [-0.25, -0.2) is 9.69 Å². The van der Waals surface area contributed by atoms with Gasteiger partial charge in [-0.05, 0) is 59.2 Å². The molecule has 0 radical (unpaired) electrons. The fraction of sp³-hybridized carbons (Fsp3) is 0.867. The molecule has 0 saturated carbocycles. The first kappa shape index (κ1) is 20.5. The van der Waals surface area contributed by atoms with Crippen molar-refractivity contribution in [3.63, 3.8) is 0 Å². The van der Waals surface area contributed by atoms with Crippen molar-refractivity contribution in [2.75, 3.05) is 26.2 Å². The van der Waals surface area contributed by atoms with Crippen LogP contribution in [0, 0.1) is 0 Å². The normalized spacial score (nSPS) is 29.4. The van der Waals surface area contributed by atoms with E-state index in [1.165, 1.54) is 4.90 Å². The van der Waals surface area contributed by atoms with Crippen LogP contribution in [-0.4, -0.2) is 65.7 Å². The number of nitrogens with one attached hydrogen (secondary N) is 1. The number of ether oxygens (including phenoxy) is 1. The number of rotatable bonds is 2. The van der Waals surface area contributed by atoms with Crippen LogP contribution < -0.4 is 5.32 Å². The summed E-state index contributed by atoms with van der Waals surface area (Å²) in [6.45, 7) is 7.32. The summed E-state index contributed by atoms with van der Waals surface area (Å²) in [7, 11) is 0. The van der Waals surface area contributed by atoms with E-state index in [0.717, 1.165) is 38.9 Å². The lowest BCUT2D eigenvalue weighted by molar-refractivity contribution is -0.143. The molecule has 0 bridgehead atoms. The molecular formula is C15H27Cl2N3O3. The van der Waals surface area contributed by atoms with Gasteiger partial charge in [0.2, 0.25) is 5.60 Å². The van der Waals surface area contributed by atoms with Crippen molar-refractivity contribution < 1.29 is 14.3 Å². The van der Waals surface area contributed by atoms with Crippen LogP contribution in [0.25, 0.3) is 0 Å². The largest absolute Gasteiger partial charge is 0.431 e. The van der Waals surface area contributed by atoms with Crippen molar-refractivity contribution in [3.8, 4) is 0 Å². The standard InChI is InChI=1S/C15H25N3O3.2ClH/c1-11(2)18-13(19)15(21-14(18)20)6-3-9-17(10-15)12-4-7-16-8-5-12;;/h11-12,16H,3-10H2,1-2H3;2*1H. The molecule has 6 nitrogen and oxygen atoms in total. The van der Waals surface area contributed by atoms with E-state index >= 15 is 0 Å². The van der Waals surface area contributed by atoms with E-state index < -0.39 is 11.7 Å². The third-order valence-electron chi connectivity index (χ3n) is 4.91. The van der Waals surface area contributed by atoms with Crippen LogP contribution in [0.1, 0.15) is 39.5 Å². The molecule has 3 rings (SSSR count). The second-order valence-corrected chi connectivity index (χ2v) is 6.69. The second-order valence-electron chi connectivity index (χ2n) is 6.69. The lowest BCUT2D eigenvalue weighted by Crippen LogP contribution is -2.57. The molecule has 2 amide bonds. The van der Waals surface area contributed by atoms with Crippen LogP contribution in [0.3, 0.4) is 0 Å². The first-order chi connectivity index (χ1) is 10.0. The van der Waals surface area contributed by atoms with Gasteiger partial charge < -0.3 is 10.1 Å². The highest BCUT2D eigenvalue weighted by Gasteiger charge is 2.56. The lowest BCUT2D eigenvalue weighted by atomic mass is 9.89. The fourth-order valence-corrected chi connectivity index (χ4v) is 3.80. The highest BCUT2D eigenvalue weighted by molar-refractivity contribution is 6.03. The lowest BCUT2D eigenvalue weighted by Gasteiger charge is -2.42. The van der Waals surface area contributed by atoms with Crippen molar-refractivity contribution in [1.29, 1.82) is 0 Å². The quantitative estimate of drug-likeness (QED) is 0.806. The monoisotopic (exact) mass is 367 g/mol. The van der Waals surface area contributed by atoms with Gasteiger partial charge in [0.25, 0.3) is 5.91 Å². The Morgan fingerprint density at radius 1 is 1.22 bits per heavy atom. The van der Waals surface area contributed by atoms with E-state index in [0.29, 0.717) is 19.0 Å². The zero-order valence-electron chi connectivity index (χ0n) is 13.7. The fourth-order valence-electron chi connectivity index (χ4n) is 3.80. The zero-order valence-corrected chi connectivity index (χ0v) is 15.4. The van der Waals surface area contributed by atoms with Crippen molar-refractivity contribution in [2.24, 2.45) is 0 Å². The number of likely N-dealkylation sites (tertiary alicyclic amines) is 1. The Balaban J connectivity index is 0.00000132. The molecule has 8 heteroatoms. The Bertz CT molecular complexity index is 444. The molecule has 3 fully saturated rings. The third-order valence-corrected chi connectivity index (χ3v) is 4.91. The zero-order chi connectivity index (χ0) is 15.0. The van der Waals surface area contributed by atoms with Crippen molar-refractivity contribution in [3.05, 3.63) is 0 Å². The topological polar surface area (TPSA) is 61.9 Å². The maximum absolute atomic E-state index is 12.7. The third kappa shape index (κ3) is 3.76. The van der Waals surface area contributed by atoms with Gasteiger partial charge in [0, 0.05) is 18.6 Å². The number of nitrogens with zero attached hydrogens (tertiary/aromatic N) is 2. The van der Waals surface area contributed by atoms with Gasteiger partial charge in [-0.15, -0.1) is 24.8 Å². The van der Waals surface area contributed by atoms with Gasteiger partial charge in [-0.3, -0.25) is 9.69 Å². The summed E-state index contributed by atoms with van der Waals surface area (Å²) in [5.74, 6) is -0.138.